The van der Waals surface area contributed by atoms with E-state index in [1.165, 1.54) is 5.56 Å². The van der Waals surface area contributed by atoms with Gasteiger partial charge in [-0.05, 0) is 24.0 Å². The van der Waals surface area contributed by atoms with Crippen LogP contribution in [0.2, 0.25) is 0 Å². The van der Waals surface area contributed by atoms with Crippen LogP contribution in [0.25, 0.3) is 0 Å². The lowest BCUT2D eigenvalue weighted by molar-refractivity contribution is -0.126. The Kier molecular flexibility index (Phi) is 7.52. The molecule has 1 aromatic carbocycles. The molecule has 1 aliphatic heterocycles. The summed E-state index contributed by atoms with van der Waals surface area (Å²) in [6.45, 7) is 5.60. The third-order valence-electron chi connectivity index (χ3n) is 4.31. The molecule has 1 aliphatic rings. The molecule has 0 radical (unpaired) electrons. The number of nitrogens with two attached hydrogens (primary N) is 1. The Labute approximate surface area is 144 Å². The van der Waals surface area contributed by atoms with Gasteiger partial charge in [-0.25, -0.2) is 0 Å². The van der Waals surface area contributed by atoms with Crippen LogP contribution in [0.1, 0.15) is 38.2 Å². The van der Waals surface area contributed by atoms with Gasteiger partial charge in [-0.3, -0.25) is 9.59 Å². The van der Waals surface area contributed by atoms with Crippen molar-refractivity contribution in [3.8, 4) is 0 Å². The van der Waals surface area contributed by atoms with Gasteiger partial charge in [0.1, 0.15) is 0 Å². The average Bonchev–Trinajstić information content (AvgIpc) is 2.93. The van der Waals surface area contributed by atoms with Crippen molar-refractivity contribution < 1.29 is 9.59 Å². The maximum atomic E-state index is 12.3. The standard InChI is InChI=1S/C17H25N3O2.ClH/c1-3-12(2)14-6-4-5-7-15(14)20-11-13(10-16(20)21)17(22)19-9-8-18;/h4-7,12-13H,3,8-11,18H2,1-2H3,(H,19,22);1H. The molecule has 1 fully saturated rings. The number of rotatable bonds is 6. The van der Waals surface area contributed by atoms with Crippen LogP contribution in [0.3, 0.4) is 0 Å². The Hall–Kier alpha value is -1.59. The molecule has 0 spiro atoms. The van der Waals surface area contributed by atoms with E-state index >= 15 is 0 Å². The van der Waals surface area contributed by atoms with Crippen molar-refractivity contribution in [2.24, 2.45) is 11.7 Å². The van der Waals surface area contributed by atoms with E-state index in [0.29, 0.717) is 25.6 Å². The molecule has 0 bridgehead atoms. The quantitative estimate of drug-likeness (QED) is 0.832. The molecular weight excluding hydrogens is 314 g/mol. The molecule has 3 N–H and O–H groups in total. The summed E-state index contributed by atoms with van der Waals surface area (Å²) >= 11 is 0. The highest BCUT2D eigenvalue weighted by atomic mass is 35.5. The number of nitrogens with zero attached hydrogens (tertiary/aromatic N) is 1. The van der Waals surface area contributed by atoms with Gasteiger partial charge in [0.25, 0.3) is 0 Å². The van der Waals surface area contributed by atoms with E-state index in [2.05, 4.69) is 25.2 Å². The highest BCUT2D eigenvalue weighted by Gasteiger charge is 2.35. The summed E-state index contributed by atoms with van der Waals surface area (Å²) in [6.07, 6.45) is 1.28. The molecule has 1 saturated heterocycles. The van der Waals surface area contributed by atoms with Gasteiger partial charge in [0.15, 0.2) is 0 Å². The third-order valence-corrected chi connectivity index (χ3v) is 4.31. The minimum atomic E-state index is -0.288. The van der Waals surface area contributed by atoms with E-state index < -0.39 is 0 Å². The first-order valence-electron chi connectivity index (χ1n) is 7.95. The highest BCUT2D eigenvalue weighted by molar-refractivity contribution is 6.00. The number of nitrogens with one attached hydrogen (secondary N) is 1. The van der Waals surface area contributed by atoms with Gasteiger partial charge in [0, 0.05) is 31.7 Å². The maximum Gasteiger partial charge on any atom is 0.227 e. The van der Waals surface area contributed by atoms with Gasteiger partial charge in [-0.2, -0.15) is 0 Å². The van der Waals surface area contributed by atoms with Gasteiger partial charge >= 0.3 is 0 Å². The second-order valence-electron chi connectivity index (χ2n) is 5.85. The van der Waals surface area contributed by atoms with Crippen LogP contribution in [0.5, 0.6) is 0 Å². The fourth-order valence-corrected chi connectivity index (χ4v) is 2.83. The first kappa shape index (κ1) is 19.5. The number of hydrogen-bond donors (Lipinski definition) is 2. The third kappa shape index (κ3) is 4.45. The normalized spacial score (nSPS) is 18.5. The van der Waals surface area contributed by atoms with Gasteiger partial charge in [0.05, 0.1) is 5.92 Å². The van der Waals surface area contributed by atoms with Crippen LogP contribution in [0, 0.1) is 5.92 Å². The summed E-state index contributed by atoms with van der Waals surface area (Å²) in [5, 5.41) is 2.77. The van der Waals surface area contributed by atoms with Crippen LogP contribution < -0.4 is 16.0 Å². The Morgan fingerprint density at radius 2 is 2.13 bits per heavy atom. The molecule has 2 rings (SSSR count). The summed E-state index contributed by atoms with van der Waals surface area (Å²) in [7, 11) is 0. The fraction of sp³-hybridized carbons (Fsp3) is 0.529. The number of carbonyl (C=O) groups excluding carboxylic acids is 2. The molecule has 2 amide bonds. The predicted molar refractivity (Wildman–Crippen MR) is 94.9 cm³/mol. The van der Waals surface area contributed by atoms with Crippen molar-refractivity contribution in [3.05, 3.63) is 29.8 Å². The molecule has 2 unspecified atom stereocenters. The summed E-state index contributed by atoms with van der Waals surface area (Å²) in [4.78, 5) is 26.2. The van der Waals surface area contributed by atoms with Crippen LogP contribution >= 0.6 is 12.4 Å². The molecule has 1 aromatic rings. The molecule has 0 saturated carbocycles. The number of para-hydroxylation sites is 1. The molecule has 5 nitrogen and oxygen atoms in total. The van der Waals surface area contributed by atoms with Gasteiger partial charge in [0.2, 0.25) is 11.8 Å². The van der Waals surface area contributed by atoms with E-state index in [4.69, 9.17) is 5.73 Å². The van der Waals surface area contributed by atoms with Crippen molar-refractivity contribution >= 4 is 29.9 Å². The van der Waals surface area contributed by atoms with Gasteiger partial charge < -0.3 is 16.0 Å². The average molecular weight is 340 g/mol. The van der Waals surface area contributed by atoms with Crippen LogP contribution in [-0.2, 0) is 9.59 Å². The topological polar surface area (TPSA) is 75.4 Å². The zero-order valence-electron chi connectivity index (χ0n) is 13.7. The second kappa shape index (κ2) is 8.89. The van der Waals surface area contributed by atoms with E-state index in [-0.39, 0.29) is 36.6 Å². The molecule has 0 aliphatic carbocycles. The largest absolute Gasteiger partial charge is 0.355 e. The monoisotopic (exact) mass is 339 g/mol. The van der Waals surface area contributed by atoms with E-state index in [1.807, 2.05) is 18.2 Å². The molecule has 1 heterocycles. The molecule has 128 valence electrons. The number of amides is 2. The Balaban J connectivity index is 0.00000264. The van der Waals surface area contributed by atoms with Crippen molar-refractivity contribution in [2.75, 3.05) is 24.5 Å². The molecule has 6 heteroatoms. The van der Waals surface area contributed by atoms with Crippen molar-refractivity contribution in [2.45, 2.75) is 32.6 Å². The van der Waals surface area contributed by atoms with Crippen molar-refractivity contribution in [1.82, 2.24) is 5.32 Å². The minimum absolute atomic E-state index is 0. The number of halogens is 1. The van der Waals surface area contributed by atoms with Crippen molar-refractivity contribution in [1.29, 1.82) is 0 Å². The van der Waals surface area contributed by atoms with E-state index in [9.17, 15) is 9.59 Å². The fourth-order valence-electron chi connectivity index (χ4n) is 2.83. The smallest absolute Gasteiger partial charge is 0.227 e. The highest BCUT2D eigenvalue weighted by Crippen LogP contribution is 2.33. The first-order valence-corrected chi connectivity index (χ1v) is 7.95. The van der Waals surface area contributed by atoms with Gasteiger partial charge in [-0.15, -0.1) is 12.4 Å². The van der Waals surface area contributed by atoms with Crippen LogP contribution in [-0.4, -0.2) is 31.4 Å². The number of anilines is 1. The minimum Gasteiger partial charge on any atom is -0.355 e. The Bertz CT molecular complexity index is 550. The maximum absolute atomic E-state index is 12.3. The Morgan fingerprint density at radius 3 is 2.78 bits per heavy atom. The lowest BCUT2D eigenvalue weighted by atomic mass is 9.96. The van der Waals surface area contributed by atoms with E-state index in [1.54, 1.807) is 4.90 Å². The summed E-state index contributed by atoms with van der Waals surface area (Å²) in [5.74, 6) is 0.0316. The summed E-state index contributed by atoms with van der Waals surface area (Å²) in [5.41, 5.74) is 7.51. The van der Waals surface area contributed by atoms with Gasteiger partial charge in [-0.1, -0.05) is 32.0 Å². The van der Waals surface area contributed by atoms with Crippen LogP contribution in [0.4, 0.5) is 5.69 Å². The summed E-state index contributed by atoms with van der Waals surface area (Å²) < 4.78 is 0. The summed E-state index contributed by atoms with van der Waals surface area (Å²) in [6, 6.07) is 7.98. The van der Waals surface area contributed by atoms with Crippen LogP contribution in [0.15, 0.2) is 24.3 Å². The zero-order chi connectivity index (χ0) is 16.1. The molecule has 0 aromatic heterocycles. The van der Waals surface area contributed by atoms with E-state index in [0.717, 1.165) is 12.1 Å². The lowest BCUT2D eigenvalue weighted by Crippen LogP contribution is -2.35. The lowest BCUT2D eigenvalue weighted by Gasteiger charge is -2.23. The number of carbonyl (C=O) groups is 2. The second-order valence-corrected chi connectivity index (χ2v) is 5.85. The molecule has 2 atom stereocenters. The number of hydrogen-bond acceptors (Lipinski definition) is 3. The molecular formula is C17H26ClN3O2. The zero-order valence-corrected chi connectivity index (χ0v) is 14.6. The SMILES string of the molecule is CCC(C)c1ccccc1N1CC(C(=O)NCCN)CC1=O.Cl. The predicted octanol–water partition coefficient (Wildman–Crippen LogP) is 2.05. The number of benzene rings is 1. The molecule has 23 heavy (non-hydrogen) atoms. The van der Waals surface area contributed by atoms with Crippen molar-refractivity contribution in [3.63, 3.8) is 0 Å². The first-order chi connectivity index (χ1) is 10.6. The Morgan fingerprint density at radius 1 is 1.43 bits per heavy atom.